The third-order valence-electron chi connectivity index (χ3n) is 3.25. The lowest BCUT2D eigenvalue weighted by atomic mass is 9.88. The summed E-state index contributed by atoms with van der Waals surface area (Å²) in [4.78, 5) is 4.10. The molecule has 1 N–H and O–H groups in total. The van der Waals surface area contributed by atoms with E-state index in [0.29, 0.717) is 0 Å². The zero-order valence-electron chi connectivity index (χ0n) is 9.69. The topological polar surface area (TPSA) is 33.1 Å². The van der Waals surface area contributed by atoms with Crippen molar-refractivity contribution in [1.29, 1.82) is 0 Å². The Morgan fingerprint density at radius 2 is 2.33 bits per heavy atom. The molecular weight excluding hydrogens is 262 g/mol. The summed E-state index contributed by atoms with van der Waals surface area (Å²) in [6, 6.07) is 5.90. The monoisotopic (exact) mass is 275 g/mol. The minimum Gasteiger partial charge on any atom is -0.387 e. The maximum atomic E-state index is 10.7. The van der Waals surface area contributed by atoms with Crippen LogP contribution in [0.4, 0.5) is 0 Å². The van der Waals surface area contributed by atoms with Crippen LogP contribution in [0, 0.1) is 0 Å². The normalized spacial score (nSPS) is 24.3. The third-order valence-corrected chi connectivity index (χ3v) is 5.31. The number of thioether (sulfide) groups is 1. The molecule has 2 nitrogen and oxygen atoms in total. The highest BCUT2D eigenvalue weighted by atomic mass is 32.2. The molecule has 3 heterocycles. The maximum absolute atomic E-state index is 10.7. The number of aliphatic hydroxyl groups excluding tert-OH is 1. The van der Waals surface area contributed by atoms with Gasteiger partial charge in [-0.15, -0.1) is 11.8 Å². The summed E-state index contributed by atoms with van der Waals surface area (Å²) in [5.74, 6) is 0. The van der Waals surface area contributed by atoms with Crippen LogP contribution >= 0.6 is 23.1 Å². The maximum Gasteiger partial charge on any atom is 0.0999 e. The van der Waals surface area contributed by atoms with Crippen LogP contribution < -0.4 is 0 Å². The number of nitrogens with zero attached hydrogens (tertiary/aromatic N) is 1. The van der Waals surface area contributed by atoms with Crippen molar-refractivity contribution in [2.75, 3.05) is 0 Å². The molecule has 1 aliphatic heterocycles. The Morgan fingerprint density at radius 1 is 1.39 bits per heavy atom. The minimum atomic E-state index is -0.541. The van der Waals surface area contributed by atoms with Gasteiger partial charge >= 0.3 is 0 Å². The molecule has 0 spiro atoms. The molecule has 0 radical (unpaired) electrons. The van der Waals surface area contributed by atoms with Gasteiger partial charge in [0.2, 0.25) is 0 Å². The molecule has 3 rings (SSSR count). The van der Waals surface area contributed by atoms with Gasteiger partial charge in [-0.3, -0.25) is 4.98 Å². The Kier molecular flexibility index (Phi) is 3.24. The molecule has 4 heteroatoms. The van der Waals surface area contributed by atoms with E-state index in [2.05, 4.69) is 33.3 Å². The molecule has 2 aromatic heterocycles. The highest BCUT2D eigenvalue weighted by Gasteiger charge is 2.42. The highest BCUT2D eigenvalue weighted by Crippen LogP contribution is 2.53. The summed E-state index contributed by atoms with van der Waals surface area (Å²) in [5.41, 5.74) is 2.07. The Hall–Kier alpha value is -1.10. The number of hydrogen-bond acceptors (Lipinski definition) is 4. The van der Waals surface area contributed by atoms with Crippen LogP contribution in [0.2, 0.25) is 0 Å². The standard InChI is InChI=1S/C14H13NOS2/c16-13(11-3-1-6-15-9-11)14(5-2-7-18-14)12-4-8-17-10-12/h1-4,6-10,13,16H,5H2. The zero-order chi connectivity index (χ0) is 12.4. The van der Waals surface area contributed by atoms with Crippen LogP contribution in [0.15, 0.2) is 52.8 Å². The van der Waals surface area contributed by atoms with E-state index in [-0.39, 0.29) is 4.75 Å². The van der Waals surface area contributed by atoms with E-state index in [1.807, 2.05) is 12.1 Å². The Balaban J connectivity index is 2.01. The summed E-state index contributed by atoms with van der Waals surface area (Å²) >= 11 is 3.37. The van der Waals surface area contributed by atoms with Gasteiger partial charge in [-0.25, -0.2) is 0 Å². The molecule has 0 saturated heterocycles. The fourth-order valence-corrected chi connectivity index (χ4v) is 4.24. The molecule has 0 aliphatic carbocycles. The van der Waals surface area contributed by atoms with Crippen molar-refractivity contribution < 1.29 is 5.11 Å². The summed E-state index contributed by atoms with van der Waals surface area (Å²) in [5, 5.41) is 17.0. The predicted molar refractivity (Wildman–Crippen MR) is 76.5 cm³/mol. The van der Waals surface area contributed by atoms with Crippen molar-refractivity contribution in [3.63, 3.8) is 0 Å². The Bertz CT molecular complexity index is 528. The summed E-state index contributed by atoms with van der Waals surface area (Å²) in [6.45, 7) is 0. The second-order valence-corrected chi connectivity index (χ2v) is 6.30. The lowest BCUT2D eigenvalue weighted by molar-refractivity contribution is 0.130. The number of thiophene rings is 1. The van der Waals surface area contributed by atoms with E-state index in [9.17, 15) is 5.11 Å². The first-order valence-corrected chi connectivity index (χ1v) is 7.59. The second kappa shape index (κ2) is 4.88. The van der Waals surface area contributed by atoms with Crippen LogP contribution in [0.25, 0.3) is 0 Å². The van der Waals surface area contributed by atoms with Gasteiger partial charge in [0.25, 0.3) is 0 Å². The van der Waals surface area contributed by atoms with Crippen molar-refractivity contribution in [2.45, 2.75) is 17.3 Å². The first-order chi connectivity index (χ1) is 8.83. The number of hydrogen-bond donors (Lipinski definition) is 1. The summed E-state index contributed by atoms with van der Waals surface area (Å²) in [7, 11) is 0. The van der Waals surface area contributed by atoms with E-state index in [0.717, 1.165) is 12.0 Å². The molecular formula is C14H13NOS2. The number of allylic oxidation sites excluding steroid dienone is 1. The molecule has 0 fully saturated rings. The van der Waals surface area contributed by atoms with Gasteiger partial charge in [0.1, 0.15) is 0 Å². The molecule has 18 heavy (non-hydrogen) atoms. The average Bonchev–Trinajstić information content (AvgIpc) is 3.10. The largest absolute Gasteiger partial charge is 0.387 e. The first kappa shape index (κ1) is 12.0. The average molecular weight is 275 g/mol. The van der Waals surface area contributed by atoms with Crippen molar-refractivity contribution in [3.8, 4) is 0 Å². The summed E-state index contributed by atoms with van der Waals surface area (Å²) in [6.07, 6.45) is 5.92. The van der Waals surface area contributed by atoms with E-state index in [1.54, 1.807) is 35.5 Å². The molecule has 2 atom stereocenters. The Labute approximate surface area is 114 Å². The smallest absolute Gasteiger partial charge is 0.0999 e. The fourth-order valence-electron chi connectivity index (χ4n) is 2.27. The van der Waals surface area contributed by atoms with E-state index in [1.165, 1.54) is 5.56 Å². The summed E-state index contributed by atoms with van der Waals surface area (Å²) < 4.78 is -0.289. The van der Waals surface area contributed by atoms with Crippen molar-refractivity contribution >= 4 is 23.1 Å². The van der Waals surface area contributed by atoms with Crippen LogP contribution in [-0.4, -0.2) is 10.1 Å². The SMILES string of the molecule is OC(c1cccnc1)C1(c2ccsc2)CC=CS1. The molecule has 0 aromatic carbocycles. The molecule has 2 aromatic rings. The first-order valence-electron chi connectivity index (χ1n) is 5.76. The van der Waals surface area contributed by atoms with Crippen molar-refractivity contribution in [3.05, 3.63) is 64.0 Å². The predicted octanol–water partition coefficient (Wildman–Crippen LogP) is 3.72. The zero-order valence-corrected chi connectivity index (χ0v) is 11.3. The minimum absolute atomic E-state index is 0.289. The van der Waals surface area contributed by atoms with Crippen LogP contribution in [-0.2, 0) is 4.75 Å². The van der Waals surface area contributed by atoms with Crippen molar-refractivity contribution in [2.24, 2.45) is 0 Å². The van der Waals surface area contributed by atoms with Gasteiger partial charge in [0.15, 0.2) is 0 Å². The number of rotatable bonds is 3. The van der Waals surface area contributed by atoms with Crippen LogP contribution in [0.1, 0.15) is 23.7 Å². The second-order valence-electron chi connectivity index (χ2n) is 4.28. The van der Waals surface area contributed by atoms with Gasteiger partial charge < -0.3 is 5.11 Å². The van der Waals surface area contributed by atoms with Gasteiger partial charge in [0.05, 0.1) is 10.9 Å². The number of aromatic nitrogens is 1. The van der Waals surface area contributed by atoms with Gasteiger partial charge in [-0.05, 0) is 40.3 Å². The van der Waals surface area contributed by atoms with Crippen LogP contribution in [0.3, 0.4) is 0 Å². The van der Waals surface area contributed by atoms with Crippen LogP contribution in [0.5, 0.6) is 0 Å². The number of pyridine rings is 1. The van der Waals surface area contributed by atoms with Gasteiger partial charge in [-0.1, -0.05) is 12.1 Å². The highest BCUT2D eigenvalue weighted by molar-refractivity contribution is 8.03. The van der Waals surface area contributed by atoms with Gasteiger partial charge in [0, 0.05) is 18.0 Å². The quantitative estimate of drug-likeness (QED) is 0.926. The number of aliphatic hydroxyl groups is 1. The molecule has 0 amide bonds. The van der Waals surface area contributed by atoms with E-state index in [4.69, 9.17) is 0 Å². The molecule has 92 valence electrons. The molecule has 2 unspecified atom stereocenters. The molecule has 0 saturated carbocycles. The molecule has 0 bridgehead atoms. The lowest BCUT2D eigenvalue weighted by Crippen LogP contribution is -2.27. The van der Waals surface area contributed by atoms with E-state index >= 15 is 0 Å². The van der Waals surface area contributed by atoms with Gasteiger partial charge in [-0.2, -0.15) is 11.3 Å². The lowest BCUT2D eigenvalue weighted by Gasteiger charge is -2.33. The third kappa shape index (κ3) is 1.90. The molecule has 1 aliphatic rings. The Morgan fingerprint density at radius 3 is 2.94 bits per heavy atom. The van der Waals surface area contributed by atoms with Crippen molar-refractivity contribution in [1.82, 2.24) is 4.98 Å². The van der Waals surface area contributed by atoms with E-state index < -0.39 is 6.10 Å². The fraction of sp³-hybridized carbons (Fsp3) is 0.214.